The molecule has 0 saturated carbocycles. The van der Waals surface area contributed by atoms with Gasteiger partial charge in [0.2, 0.25) is 5.78 Å². The number of H-pyrrole nitrogens is 1. The average Bonchev–Trinajstić information content (AvgIpc) is 3.25. The minimum Gasteiger partial charge on any atom is -0.462 e. The molecule has 0 amide bonds. The molecule has 0 fully saturated rings. The molecule has 0 atom stereocenters. The quantitative estimate of drug-likeness (QED) is 0.568. The Morgan fingerprint density at radius 3 is 2.63 bits per heavy atom. The molecule has 1 aliphatic rings. The first-order valence-electron chi connectivity index (χ1n) is 8.61. The first kappa shape index (κ1) is 17.0. The summed E-state index contributed by atoms with van der Waals surface area (Å²) in [4.78, 5) is 44.8. The lowest BCUT2D eigenvalue weighted by Crippen LogP contribution is -2.24. The van der Waals surface area contributed by atoms with Crippen LogP contribution in [0.5, 0.6) is 0 Å². The van der Waals surface area contributed by atoms with Gasteiger partial charge < -0.3 is 14.3 Å². The zero-order valence-corrected chi connectivity index (χ0v) is 14.9. The summed E-state index contributed by atoms with van der Waals surface area (Å²) in [5.74, 6) is -2.03. The molecule has 1 N–H and O–H groups in total. The predicted molar refractivity (Wildman–Crippen MR) is 96.9 cm³/mol. The number of carbonyl (C=O) groups excluding carboxylic acids is 3. The molecule has 0 saturated heterocycles. The predicted octanol–water partition coefficient (Wildman–Crippen LogP) is 2.79. The summed E-state index contributed by atoms with van der Waals surface area (Å²) in [6.07, 6.45) is 1.38. The van der Waals surface area contributed by atoms with E-state index in [0.717, 1.165) is 5.56 Å². The lowest BCUT2D eigenvalue weighted by atomic mass is 9.92. The van der Waals surface area contributed by atoms with Crippen molar-refractivity contribution < 1.29 is 19.1 Å². The number of fused-ring (bicyclic) bond motifs is 3. The van der Waals surface area contributed by atoms with Crippen molar-refractivity contribution in [1.82, 2.24) is 14.5 Å². The number of nitrogens with one attached hydrogen (secondary N) is 1. The van der Waals surface area contributed by atoms with Crippen molar-refractivity contribution in [1.29, 1.82) is 0 Å². The van der Waals surface area contributed by atoms with E-state index in [0.29, 0.717) is 23.6 Å². The first-order chi connectivity index (χ1) is 13.0. The Bertz CT molecular complexity index is 1080. The van der Waals surface area contributed by atoms with Crippen LogP contribution in [0.3, 0.4) is 0 Å². The van der Waals surface area contributed by atoms with E-state index in [-0.39, 0.29) is 23.4 Å². The van der Waals surface area contributed by atoms with E-state index < -0.39 is 17.5 Å². The lowest BCUT2D eigenvalue weighted by molar-refractivity contribution is 0.0522. The number of ketones is 2. The Balaban J connectivity index is 2.00. The number of hydrogen-bond donors (Lipinski definition) is 1. The number of aromatic nitrogens is 3. The Morgan fingerprint density at radius 2 is 1.93 bits per heavy atom. The van der Waals surface area contributed by atoms with Crippen LogP contribution < -0.4 is 0 Å². The van der Waals surface area contributed by atoms with Gasteiger partial charge in [-0.2, -0.15) is 0 Å². The lowest BCUT2D eigenvalue weighted by Gasteiger charge is -2.15. The molecule has 0 bridgehead atoms. The van der Waals surface area contributed by atoms with Gasteiger partial charge in [-0.3, -0.25) is 9.59 Å². The third-order valence-electron chi connectivity index (χ3n) is 4.71. The van der Waals surface area contributed by atoms with Crippen molar-refractivity contribution in [2.75, 3.05) is 6.61 Å². The Morgan fingerprint density at radius 1 is 1.19 bits per heavy atom. The summed E-state index contributed by atoms with van der Waals surface area (Å²) in [5, 5.41) is 0. The van der Waals surface area contributed by atoms with E-state index in [4.69, 9.17) is 4.74 Å². The van der Waals surface area contributed by atoms with Gasteiger partial charge in [-0.25, -0.2) is 9.78 Å². The van der Waals surface area contributed by atoms with Crippen LogP contribution in [0.25, 0.3) is 11.4 Å². The van der Waals surface area contributed by atoms with Crippen LogP contribution in [0.4, 0.5) is 0 Å². The van der Waals surface area contributed by atoms with Crippen LogP contribution in [0.1, 0.15) is 49.4 Å². The highest BCUT2D eigenvalue weighted by Crippen LogP contribution is 2.37. The molecule has 3 aromatic rings. The zero-order valence-electron chi connectivity index (χ0n) is 14.9. The second-order valence-electron chi connectivity index (χ2n) is 6.26. The van der Waals surface area contributed by atoms with Crippen LogP contribution in [-0.4, -0.2) is 38.7 Å². The summed E-state index contributed by atoms with van der Waals surface area (Å²) in [7, 11) is 0. The molecule has 0 radical (unpaired) electrons. The fourth-order valence-corrected chi connectivity index (χ4v) is 3.49. The van der Waals surface area contributed by atoms with E-state index in [1.807, 2.05) is 34.9 Å². The number of nitrogens with zero attached hydrogens (tertiary/aromatic N) is 2. The number of esters is 1. The van der Waals surface area contributed by atoms with E-state index in [2.05, 4.69) is 9.97 Å². The van der Waals surface area contributed by atoms with Gasteiger partial charge in [-0.15, -0.1) is 0 Å². The largest absolute Gasteiger partial charge is 0.462 e. The fourth-order valence-electron chi connectivity index (χ4n) is 3.49. The van der Waals surface area contributed by atoms with Gasteiger partial charge >= 0.3 is 5.97 Å². The number of benzene rings is 1. The summed E-state index contributed by atoms with van der Waals surface area (Å²) in [5.41, 5.74) is 2.77. The van der Waals surface area contributed by atoms with Gasteiger partial charge in [0.1, 0.15) is 11.4 Å². The van der Waals surface area contributed by atoms with Gasteiger partial charge in [-0.1, -0.05) is 30.3 Å². The fraction of sp³-hybridized carbons (Fsp3) is 0.200. The van der Waals surface area contributed by atoms with Crippen molar-refractivity contribution in [3.05, 3.63) is 64.7 Å². The summed E-state index contributed by atoms with van der Waals surface area (Å²) in [6, 6.07) is 9.66. The smallest absolute Gasteiger partial charge is 0.340 e. The molecule has 1 aliphatic carbocycles. The molecule has 4 rings (SSSR count). The third-order valence-corrected chi connectivity index (χ3v) is 4.71. The van der Waals surface area contributed by atoms with Gasteiger partial charge in [0.15, 0.2) is 0 Å². The molecular formula is C20H17N3O4. The topological polar surface area (TPSA) is 94.1 Å². The van der Waals surface area contributed by atoms with Crippen molar-refractivity contribution in [3.63, 3.8) is 0 Å². The van der Waals surface area contributed by atoms with Crippen LogP contribution in [0.2, 0.25) is 0 Å². The molecule has 1 aromatic carbocycles. The first-order valence-corrected chi connectivity index (χ1v) is 8.61. The number of rotatable bonds is 4. The monoisotopic (exact) mass is 363 g/mol. The minimum atomic E-state index is -0.722. The minimum absolute atomic E-state index is 0.0754. The van der Waals surface area contributed by atoms with E-state index in [1.54, 1.807) is 13.8 Å². The molecule has 7 nitrogen and oxygen atoms in total. The normalized spacial score (nSPS) is 12.7. The Hall–Kier alpha value is -3.48. The van der Waals surface area contributed by atoms with Gasteiger partial charge in [0, 0.05) is 12.2 Å². The van der Waals surface area contributed by atoms with Crippen molar-refractivity contribution in [2.45, 2.75) is 20.4 Å². The van der Waals surface area contributed by atoms with Crippen LogP contribution >= 0.6 is 0 Å². The SMILES string of the molecule is CCOC(=O)c1c2c(n(Cc3ccccc3)c1C)-c1nc[nH]c1C(=O)C2=O. The maximum absolute atomic E-state index is 12.8. The van der Waals surface area contributed by atoms with Crippen molar-refractivity contribution in [3.8, 4) is 11.4 Å². The number of ether oxygens (including phenoxy) is 1. The highest BCUT2D eigenvalue weighted by molar-refractivity contribution is 6.53. The maximum Gasteiger partial charge on any atom is 0.340 e. The highest BCUT2D eigenvalue weighted by Gasteiger charge is 2.41. The van der Waals surface area contributed by atoms with Gasteiger partial charge in [-0.05, 0) is 19.4 Å². The average molecular weight is 363 g/mol. The Kier molecular flexibility index (Phi) is 3.99. The molecule has 0 spiro atoms. The van der Waals surface area contributed by atoms with E-state index in [1.165, 1.54) is 6.33 Å². The van der Waals surface area contributed by atoms with Gasteiger partial charge in [0.05, 0.1) is 29.8 Å². The molecule has 27 heavy (non-hydrogen) atoms. The number of hydrogen-bond acceptors (Lipinski definition) is 5. The molecule has 7 heteroatoms. The van der Waals surface area contributed by atoms with Crippen LogP contribution in [-0.2, 0) is 11.3 Å². The zero-order chi connectivity index (χ0) is 19.1. The third kappa shape index (κ3) is 2.51. The molecular weight excluding hydrogens is 346 g/mol. The molecule has 2 aromatic heterocycles. The molecule has 2 heterocycles. The summed E-state index contributed by atoms with van der Waals surface area (Å²) >= 11 is 0. The Labute approximate surface area is 155 Å². The number of carbonyl (C=O) groups is 3. The van der Waals surface area contributed by atoms with Crippen LogP contribution in [0.15, 0.2) is 36.7 Å². The molecule has 0 aliphatic heterocycles. The van der Waals surface area contributed by atoms with E-state index >= 15 is 0 Å². The standard InChI is InChI=1S/C20H17N3O4/c1-3-27-20(26)13-11(2)23(9-12-7-5-4-6-8-12)17-14(13)18(24)19(25)16-15(17)21-10-22-16/h4-8,10H,3,9H2,1-2H3,(H,21,22). The number of imidazole rings is 1. The summed E-state index contributed by atoms with van der Waals surface area (Å²) < 4.78 is 7.00. The number of aromatic amines is 1. The second kappa shape index (κ2) is 6.35. The number of Topliss-reactive ketones (excluding diaryl/α,β-unsaturated/α-hetero) is 2. The summed E-state index contributed by atoms with van der Waals surface area (Å²) in [6.45, 7) is 4.05. The van der Waals surface area contributed by atoms with Crippen molar-refractivity contribution >= 4 is 17.5 Å². The molecule has 0 unspecified atom stereocenters. The highest BCUT2D eigenvalue weighted by atomic mass is 16.5. The van der Waals surface area contributed by atoms with Crippen molar-refractivity contribution in [2.24, 2.45) is 0 Å². The molecule has 136 valence electrons. The van der Waals surface area contributed by atoms with Gasteiger partial charge in [0.25, 0.3) is 5.78 Å². The van der Waals surface area contributed by atoms with Crippen LogP contribution in [0, 0.1) is 6.92 Å². The van der Waals surface area contributed by atoms with E-state index in [9.17, 15) is 14.4 Å². The maximum atomic E-state index is 12.8. The second-order valence-corrected chi connectivity index (χ2v) is 6.26.